The molecule has 0 fully saturated rings. The Balaban J connectivity index is 1.72. The number of carbonyl (C=O) groups is 1. The number of nitrogens with one attached hydrogen (secondary N) is 1. The van der Waals surface area contributed by atoms with E-state index in [9.17, 15) is 9.90 Å². The number of imidazole rings is 1. The van der Waals surface area contributed by atoms with Crippen LogP contribution in [0.25, 0.3) is 0 Å². The molecule has 2 aromatic rings. The molecule has 0 aliphatic heterocycles. The van der Waals surface area contributed by atoms with Gasteiger partial charge in [-0.1, -0.05) is 29.3 Å². The van der Waals surface area contributed by atoms with Gasteiger partial charge in [0.2, 0.25) is 5.91 Å². The van der Waals surface area contributed by atoms with Crippen molar-refractivity contribution in [1.82, 2.24) is 14.9 Å². The van der Waals surface area contributed by atoms with E-state index in [1.807, 2.05) is 0 Å². The van der Waals surface area contributed by atoms with Crippen LogP contribution in [0.15, 0.2) is 36.9 Å². The second kappa shape index (κ2) is 8.03. The lowest BCUT2D eigenvalue weighted by molar-refractivity contribution is -0.122. The lowest BCUT2D eigenvalue weighted by Gasteiger charge is -2.14. The number of halogens is 2. The van der Waals surface area contributed by atoms with Gasteiger partial charge in [-0.05, 0) is 12.1 Å². The molecule has 1 amide bonds. The Morgan fingerprint density at radius 1 is 1.45 bits per heavy atom. The molecular weight excluding hydrogens is 329 g/mol. The average molecular weight is 344 g/mol. The zero-order valence-electron chi connectivity index (χ0n) is 11.6. The lowest BCUT2D eigenvalue weighted by atomic mass is 10.3. The number of hydrogen-bond acceptors (Lipinski definition) is 4. The van der Waals surface area contributed by atoms with Gasteiger partial charge in [0.1, 0.15) is 30.0 Å². The first kappa shape index (κ1) is 16.6. The van der Waals surface area contributed by atoms with Gasteiger partial charge < -0.3 is 19.7 Å². The number of aliphatic hydroxyl groups excluding tert-OH is 1. The van der Waals surface area contributed by atoms with Crippen LogP contribution in [0, 0.1) is 0 Å². The Morgan fingerprint density at radius 2 is 2.27 bits per heavy atom. The van der Waals surface area contributed by atoms with Crippen molar-refractivity contribution in [1.29, 1.82) is 0 Å². The Hall–Kier alpha value is -1.76. The van der Waals surface area contributed by atoms with Crippen molar-refractivity contribution in [2.24, 2.45) is 0 Å². The number of ether oxygens (including phenoxy) is 1. The zero-order chi connectivity index (χ0) is 15.9. The van der Waals surface area contributed by atoms with Crippen molar-refractivity contribution in [2.45, 2.75) is 12.6 Å². The monoisotopic (exact) mass is 343 g/mol. The Bertz CT molecular complexity index is 620. The minimum absolute atomic E-state index is 0.00851. The first-order chi connectivity index (χ1) is 10.6. The summed E-state index contributed by atoms with van der Waals surface area (Å²) in [7, 11) is 0. The number of amides is 1. The highest BCUT2D eigenvalue weighted by Crippen LogP contribution is 2.31. The van der Waals surface area contributed by atoms with E-state index in [-0.39, 0.29) is 25.6 Å². The second-order valence-corrected chi connectivity index (χ2v) is 5.34. The fourth-order valence-electron chi connectivity index (χ4n) is 1.67. The van der Waals surface area contributed by atoms with Crippen molar-refractivity contribution in [2.75, 3.05) is 13.2 Å². The van der Waals surface area contributed by atoms with E-state index in [1.165, 1.54) is 0 Å². The molecular formula is C14H15Cl2N3O3. The first-order valence-electron chi connectivity index (χ1n) is 6.53. The highest BCUT2D eigenvalue weighted by molar-refractivity contribution is 6.42. The minimum Gasteiger partial charge on any atom is -0.489 e. The Morgan fingerprint density at radius 3 is 3.00 bits per heavy atom. The van der Waals surface area contributed by atoms with Crippen molar-refractivity contribution in [3.63, 3.8) is 0 Å². The highest BCUT2D eigenvalue weighted by atomic mass is 35.5. The van der Waals surface area contributed by atoms with Crippen LogP contribution < -0.4 is 10.1 Å². The van der Waals surface area contributed by atoms with Crippen LogP contribution in [0.2, 0.25) is 10.0 Å². The molecule has 0 radical (unpaired) electrons. The van der Waals surface area contributed by atoms with Gasteiger partial charge in [-0.3, -0.25) is 4.79 Å². The molecule has 0 unspecified atom stereocenters. The maximum absolute atomic E-state index is 11.6. The van der Waals surface area contributed by atoms with Crippen molar-refractivity contribution < 1.29 is 14.6 Å². The molecule has 0 bridgehead atoms. The highest BCUT2D eigenvalue weighted by Gasteiger charge is 2.11. The van der Waals surface area contributed by atoms with E-state index in [2.05, 4.69) is 10.3 Å². The molecule has 22 heavy (non-hydrogen) atoms. The van der Waals surface area contributed by atoms with Gasteiger partial charge in [0.05, 0.1) is 11.3 Å². The number of aliphatic hydroxyl groups is 1. The number of rotatable bonds is 7. The van der Waals surface area contributed by atoms with Crippen molar-refractivity contribution in [3.8, 4) is 5.75 Å². The smallest absolute Gasteiger partial charge is 0.240 e. The summed E-state index contributed by atoms with van der Waals surface area (Å²) < 4.78 is 7.01. The summed E-state index contributed by atoms with van der Waals surface area (Å²) in [6, 6.07) is 4.99. The molecule has 0 aliphatic carbocycles. The molecule has 0 saturated heterocycles. The zero-order valence-corrected chi connectivity index (χ0v) is 13.1. The molecule has 2 rings (SSSR count). The van der Waals surface area contributed by atoms with Crippen LogP contribution in [-0.4, -0.2) is 39.8 Å². The molecule has 0 aliphatic rings. The van der Waals surface area contributed by atoms with Gasteiger partial charge in [-0.15, -0.1) is 0 Å². The van der Waals surface area contributed by atoms with Crippen LogP contribution >= 0.6 is 23.2 Å². The maximum Gasteiger partial charge on any atom is 0.240 e. The summed E-state index contributed by atoms with van der Waals surface area (Å²) in [4.78, 5) is 15.5. The first-order valence-corrected chi connectivity index (χ1v) is 7.29. The molecule has 0 saturated carbocycles. The Kier molecular flexibility index (Phi) is 6.06. The molecule has 2 N–H and O–H groups in total. The summed E-state index contributed by atoms with van der Waals surface area (Å²) in [6.45, 7) is 0.213. The molecule has 6 nitrogen and oxygen atoms in total. The lowest BCUT2D eigenvalue weighted by Crippen LogP contribution is -2.36. The van der Waals surface area contributed by atoms with E-state index < -0.39 is 6.10 Å². The standard InChI is InChI=1S/C14H15Cl2N3O3/c15-11-2-1-3-12(14(11)16)22-8-10(20)6-18-13(21)7-19-5-4-17-9-19/h1-5,9-10,20H,6-8H2,(H,18,21)/t10-/m0/s1. The summed E-state index contributed by atoms with van der Waals surface area (Å²) in [5, 5.41) is 13.1. The van der Waals surface area contributed by atoms with E-state index in [4.69, 9.17) is 27.9 Å². The molecule has 1 atom stereocenters. The summed E-state index contributed by atoms with van der Waals surface area (Å²) in [6.07, 6.45) is 3.95. The fourth-order valence-corrected chi connectivity index (χ4v) is 2.02. The molecule has 8 heteroatoms. The number of hydrogen-bond donors (Lipinski definition) is 2. The number of aromatic nitrogens is 2. The van der Waals surface area contributed by atoms with Gasteiger partial charge >= 0.3 is 0 Å². The van der Waals surface area contributed by atoms with Crippen LogP contribution in [0.5, 0.6) is 5.75 Å². The van der Waals surface area contributed by atoms with Gasteiger partial charge in [0, 0.05) is 18.9 Å². The van der Waals surface area contributed by atoms with Crippen molar-refractivity contribution >= 4 is 29.1 Å². The third-order valence-electron chi connectivity index (χ3n) is 2.77. The summed E-state index contributed by atoms with van der Waals surface area (Å²) in [5.41, 5.74) is 0. The van der Waals surface area contributed by atoms with Crippen LogP contribution in [0.1, 0.15) is 0 Å². The maximum atomic E-state index is 11.6. The van der Waals surface area contributed by atoms with Gasteiger partial charge in [-0.2, -0.15) is 0 Å². The summed E-state index contributed by atoms with van der Waals surface area (Å²) >= 11 is 11.8. The number of carbonyl (C=O) groups excluding carboxylic acids is 1. The molecule has 1 aromatic heterocycles. The van der Waals surface area contributed by atoms with Crippen LogP contribution in [0.4, 0.5) is 0 Å². The van der Waals surface area contributed by atoms with Crippen molar-refractivity contribution in [3.05, 3.63) is 47.0 Å². The molecule has 1 aromatic carbocycles. The van der Waals surface area contributed by atoms with Crippen LogP contribution in [0.3, 0.4) is 0 Å². The molecule has 1 heterocycles. The largest absolute Gasteiger partial charge is 0.489 e. The Labute approximate surface area is 137 Å². The van der Waals surface area contributed by atoms with Gasteiger partial charge in [0.25, 0.3) is 0 Å². The predicted octanol–water partition coefficient (Wildman–Crippen LogP) is 1.75. The normalized spacial score (nSPS) is 12.0. The molecule has 0 spiro atoms. The SMILES string of the molecule is O=C(Cn1ccnc1)NC[C@H](O)COc1cccc(Cl)c1Cl. The quantitative estimate of drug-likeness (QED) is 0.802. The second-order valence-electron chi connectivity index (χ2n) is 4.56. The third kappa shape index (κ3) is 4.91. The number of nitrogens with zero attached hydrogens (tertiary/aromatic N) is 2. The van der Waals surface area contributed by atoms with E-state index in [0.717, 1.165) is 0 Å². The number of benzene rings is 1. The van der Waals surface area contributed by atoms with Gasteiger partial charge in [-0.25, -0.2) is 4.98 Å². The van der Waals surface area contributed by atoms with E-state index >= 15 is 0 Å². The molecule has 118 valence electrons. The van der Waals surface area contributed by atoms with E-state index in [0.29, 0.717) is 15.8 Å². The van der Waals surface area contributed by atoms with Gasteiger partial charge in [0.15, 0.2) is 0 Å². The minimum atomic E-state index is -0.859. The fraction of sp³-hybridized carbons (Fsp3) is 0.286. The van der Waals surface area contributed by atoms with Crippen LogP contribution in [-0.2, 0) is 11.3 Å². The third-order valence-corrected chi connectivity index (χ3v) is 3.57. The average Bonchev–Trinajstić information content (AvgIpc) is 2.99. The predicted molar refractivity (Wildman–Crippen MR) is 83.2 cm³/mol. The summed E-state index contributed by atoms with van der Waals surface area (Å²) in [5.74, 6) is 0.163. The topological polar surface area (TPSA) is 76.4 Å². The van der Waals surface area contributed by atoms with E-state index in [1.54, 1.807) is 41.5 Å².